The number of guanidine groups is 1. The number of esters is 1. The molecule has 0 amide bonds. The van der Waals surface area contributed by atoms with Gasteiger partial charge in [0.2, 0.25) is 0 Å². The first-order valence-corrected chi connectivity index (χ1v) is 9.25. The van der Waals surface area contributed by atoms with Crippen LogP contribution in [-0.4, -0.2) is 38.7 Å². The summed E-state index contributed by atoms with van der Waals surface area (Å²) in [6.07, 6.45) is 10.1. The topological polar surface area (TPSA) is 62.7 Å². The Bertz CT molecular complexity index is 363. The molecule has 0 aromatic carbocycles. The first kappa shape index (κ1) is 19.8. The zero-order valence-corrected chi connectivity index (χ0v) is 15.2. The molecule has 1 aliphatic rings. The van der Waals surface area contributed by atoms with Gasteiger partial charge in [-0.25, -0.2) is 0 Å². The van der Waals surface area contributed by atoms with Gasteiger partial charge in [-0.1, -0.05) is 26.2 Å². The molecule has 1 aliphatic carbocycles. The number of hydrogen-bond donors (Lipinski definition) is 2. The Hall–Kier alpha value is -1.26. The summed E-state index contributed by atoms with van der Waals surface area (Å²) in [5.74, 6) is 0.814. The molecule has 2 N–H and O–H groups in total. The number of unbranched alkanes of at least 4 members (excludes halogenated alkanes) is 2. The van der Waals surface area contributed by atoms with Crippen molar-refractivity contribution in [1.29, 1.82) is 0 Å². The van der Waals surface area contributed by atoms with E-state index in [4.69, 9.17) is 4.99 Å². The molecule has 1 saturated carbocycles. The standard InChI is InChI=1S/C18H35N3O2/c1-4-18(12-8-9-13-18)15-21-17(19-5-2)20-14-10-6-7-11-16(22)23-3/h4-15H2,1-3H3,(H2,19,20,21). The fourth-order valence-corrected chi connectivity index (χ4v) is 3.22. The quantitative estimate of drug-likeness (QED) is 0.280. The summed E-state index contributed by atoms with van der Waals surface area (Å²) in [4.78, 5) is 15.9. The maximum Gasteiger partial charge on any atom is 0.305 e. The second kappa shape index (κ2) is 11.3. The van der Waals surface area contributed by atoms with Crippen LogP contribution in [0, 0.1) is 5.41 Å². The van der Waals surface area contributed by atoms with Gasteiger partial charge >= 0.3 is 5.97 Å². The van der Waals surface area contributed by atoms with Gasteiger partial charge in [0.1, 0.15) is 0 Å². The molecule has 0 atom stereocenters. The molecule has 1 rings (SSSR count). The van der Waals surface area contributed by atoms with Gasteiger partial charge in [-0.15, -0.1) is 0 Å². The normalized spacial score (nSPS) is 17.1. The van der Waals surface area contributed by atoms with Crippen LogP contribution in [0.2, 0.25) is 0 Å². The minimum Gasteiger partial charge on any atom is -0.469 e. The highest BCUT2D eigenvalue weighted by Gasteiger charge is 2.31. The third-order valence-corrected chi connectivity index (χ3v) is 4.91. The Labute approximate surface area is 141 Å². The van der Waals surface area contributed by atoms with Gasteiger partial charge in [0, 0.05) is 26.1 Å². The number of carbonyl (C=O) groups is 1. The maximum atomic E-state index is 11.0. The van der Waals surface area contributed by atoms with Gasteiger partial charge < -0.3 is 15.4 Å². The third kappa shape index (κ3) is 7.71. The molecule has 5 heteroatoms. The summed E-state index contributed by atoms with van der Waals surface area (Å²) in [6, 6.07) is 0. The molecule has 0 spiro atoms. The van der Waals surface area contributed by atoms with Crippen LogP contribution < -0.4 is 10.6 Å². The lowest BCUT2D eigenvalue weighted by Gasteiger charge is -2.25. The van der Waals surface area contributed by atoms with Gasteiger partial charge in [0.15, 0.2) is 5.96 Å². The largest absolute Gasteiger partial charge is 0.469 e. The van der Waals surface area contributed by atoms with Crippen molar-refractivity contribution in [1.82, 2.24) is 10.6 Å². The van der Waals surface area contributed by atoms with Gasteiger partial charge in [0.05, 0.1) is 7.11 Å². The van der Waals surface area contributed by atoms with Crippen molar-refractivity contribution >= 4 is 11.9 Å². The van der Waals surface area contributed by atoms with Crippen LogP contribution in [0.25, 0.3) is 0 Å². The lowest BCUT2D eigenvalue weighted by atomic mass is 9.84. The number of rotatable bonds is 10. The highest BCUT2D eigenvalue weighted by molar-refractivity contribution is 5.79. The number of methoxy groups -OCH3 is 1. The Kier molecular flexibility index (Phi) is 9.72. The number of aliphatic imine (C=N–C) groups is 1. The monoisotopic (exact) mass is 325 g/mol. The number of nitrogens with zero attached hydrogens (tertiary/aromatic N) is 1. The van der Waals surface area contributed by atoms with E-state index in [2.05, 4.69) is 29.2 Å². The average Bonchev–Trinajstić information content (AvgIpc) is 3.04. The van der Waals surface area contributed by atoms with Crippen molar-refractivity contribution in [2.75, 3.05) is 26.7 Å². The minimum absolute atomic E-state index is 0.116. The molecule has 5 nitrogen and oxygen atoms in total. The van der Waals surface area contributed by atoms with Gasteiger partial charge in [-0.2, -0.15) is 0 Å². The van der Waals surface area contributed by atoms with Gasteiger partial charge in [-0.05, 0) is 44.4 Å². The van der Waals surface area contributed by atoms with E-state index in [-0.39, 0.29) is 5.97 Å². The van der Waals surface area contributed by atoms with Crippen molar-refractivity contribution in [3.63, 3.8) is 0 Å². The van der Waals surface area contributed by atoms with Gasteiger partial charge in [0.25, 0.3) is 0 Å². The maximum absolute atomic E-state index is 11.0. The van der Waals surface area contributed by atoms with E-state index in [1.165, 1.54) is 39.2 Å². The second-order valence-electron chi connectivity index (χ2n) is 6.57. The molecule has 0 bridgehead atoms. The Morgan fingerprint density at radius 1 is 1.13 bits per heavy atom. The zero-order valence-electron chi connectivity index (χ0n) is 15.2. The van der Waals surface area contributed by atoms with E-state index in [0.717, 1.165) is 44.9 Å². The Morgan fingerprint density at radius 2 is 1.87 bits per heavy atom. The first-order valence-electron chi connectivity index (χ1n) is 9.25. The fourth-order valence-electron chi connectivity index (χ4n) is 3.22. The van der Waals surface area contributed by atoms with E-state index < -0.39 is 0 Å². The third-order valence-electron chi connectivity index (χ3n) is 4.91. The smallest absolute Gasteiger partial charge is 0.305 e. The van der Waals surface area contributed by atoms with Crippen molar-refractivity contribution < 1.29 is 9.53 Å². The summed E-state index contributed by atoms with van der Waals surface area (Å²) in [7, 11) is 1.44. The second-order valence-corrected chi connectivity index (χ2v) is 6.57. The summed E-state index contributed by atoms with van der Waals surface area (Å²) < 4.78 is 4.64. The first-order chi connectivity index (χ1) is 11.2. The lowest BCUT2D eigenvalue weighted by Crippen LogP contribution is -2.38. The predicted octanol–water partition coefficient (Wildman–Crippen LogP) is 3.25. The van der Waals surface area contributed by atoms with Crippen LogP contribution in [0.4, 0.5) is 0 Å². The molecular weight excluding hydrogens is 290 g/mol. The highest BCUT2D eigenvalue weighted by atomic mass is 16.5. The number of ether oxygens (including phenoxy) is 1. The van der Waals surface area contributed by atoms with E-state index in [1.807, 2.05) is 0 Å². The molecule has 134 valence electrons. The van der Waals surface area contributed by atoms with Crippen molar-refractivity contribution in [2.24, 2.45) is 10.4 Å². The molecular formula is C18H35N3O2. The molecule has 0 aromatic rings. The SMILES string of the molecule is CCNC(=NCC1(CC)CCCC1)NCCCCCC(=O)OC. The average molecular weight is 325 g/mol. The van der Waals surface area contributed by atoms with E-state index >= 15 is 0 Å². The molecule has 0 aliphatic heterocycles. The molecule has 0 unspecified atom stereocenters. The lowest BCUT2D eigenvalue weighted by molar-refractivity contribution is -0.140. The summed E-state index contributed by atoms with van der Waals surface area (Å²) in [5.41, 5.74) is 0.433. The molecule has 0 saturated heterocycles. The van der Waals surface area contributed by atoms with Gasteiger partial charge in [-0.3, -0.25) is 9.79 Å². The van der Waals surface area contributed by atoms with Crippen LogP contribution in [-0.2, 0) is 9.53 Å². The van der Waals surface area contributed by atoms with Crippen LogP contribution in [0.1, 0.15) is 71.6 Å². The molecule has 0 heterocycles. The highest BCUT2D eigenvalue weighted by Crippen LogP contribution is 2.41. The molecule has 0 aromatic heterocycles. The van der Waals surface area contributed by atoms with Crippen LogP contribution >= 0.6 is 0 Å². The predicted molar refractivity (Wildman–Crippen MR) is 95.7 cm³/mol. The van der Waals surface area contributed by atoms with E-state index in [1.54, 1.807) is 0 Å². The summed E-state index contributed by atoms with van der Waals surface area (Å²) in [6.45, 7) is 7.10. The van der Waals surface area contributed by atoms with Crippen molar-refractivity contribution in [2.45, 2.75) is 71.6 Å². The van der Waals surface area contributed by atoms with Crippen molar-refractivity contribution in [3.05, 3.63) is 0 Å². The van der Waals surface area contributed by atoms with Crippen molar-refractivity contribution in [3.8, 4) is 0 Å². The Balaban J connectivity index is 2.28. The van der Waals surface area contributed by atoms with Crippen LogP contribution in [0.5, 0.6) is 0 Å². The van der Waals surface area contributed by atoms with E-state index in [9.17, 15) is 4.79 Å². The minimum atomic E-state index is -0.116. The molecule has 0 radical (unpaired) electrons. The molecule has 23 heavy (non-hydrogen) atoms. The number of nitrogens with one attached hydrogen (secondary N) is 2. The van der Waals surface area contributed by atoms with Crippen LogP contribution in [0.3, 0.4) is 0 Å². The zero-order chi connectivity index (χ0) is 17.0. The molecule has 1 fully saturated rings. The number of hydrogen-bond acceptors (Lipinski definition) is 3. The van der Waals surface area contributed by atoms with Crippen LogP contribution in [0.15, 0.2) is 4.99 Å². The van der Waals surface area contributed by atoms with E-state index in [0.29, 0.717) is 11.8 Å². The Morgan fingerprint density at radius 3 is 2.48 bits per heavy atom. The fraction of sp³-hybridized carbons (Fsp3) is 0.889. The number of carbonyl (C=O) groups excluding carboxylic acids is 1. The summed E-state index contributed by atoms with van der Waals surface area (Å²) >= 11 is 0. The summed E-state index contributed by atoms with van der Waals surface area (Å²) in [5, 5.41) is 6.74.